The highest BCUT2D eigenvalue weighted by molar-refractivity contribution is 6.05. The lowest BCUT2D eigenvalue weighted by atomic mass is 10.0. The van der Waals surface area contributed by atoms with Crippen LogP contribution in [0.4, 0.5) is 17.6 Å². The SMILES string of the molecule is COc1cccc(C2=NN(C(=O)c3ccc(F)cc3)C(O)(C(F)(F)F)C2)c1. The van der Waals surface area contributed by atoms with E-state index in [2.05, 4.69) is 5.10 Å². The minimum Gasteiger partial charge on any atom is -0.497 e. The number of hydrogen-bond donors (Lipinski definition) is 1. The number of carbonyl (C=O) groups is 1. The molecule has 1 aliphatic rings. The molecule has 0 saturated heterocycles. The van der Waals surface area contributed by atoms with Crippen LogP contribution in [0.25, 0.3) is 0 Å². The Kier molecular flexibility index (Phi) is 4.64. The van der Waals surface area contributed by atoms with E-state index < -0.39 is 30.0 Å². The molecule has 0 radical (unpaired) electrons. The van der Waals surface area contributed by atoms with E-state index >= 15 is 0 Å². The maximum atomic E-state index is 13.6. The van der Waals surface area contributed by atoms with E-state index in [0.29, 0.717) is 5.75 Å². The monoisotopic (exact) mass is 382 g/mol. The maximum Gasteiger partial charge on any atom is 0.438 e. The van der Waals surface area contributed by atoms with Gasteiger partial charge in [-0.1, -0.05) is 12.1 Å². The van der Waals surface area contributed by atoms with E-state index in [9.17, 15) is 27.5 Å². The number of alkyl halides is 3. The Hall–Kier alpha value is -2.94. The highest BCUT2D eigenvalue weighted by Crippen LogP contribution is 2.42. The molecule has 0 spiro atoms. The lowest BCUT2D eigenvalue weighted by molar-refractivity contribution is -0.297. The third-order valence-electron chi connectivity index (χ3n) is 4.13. The molecule has 142 valence electrons. The zero-order valence-corrected chi connectivity index (χ0v) is 14.0. The van der Waals surface area contributed by atoms with Crippen molar-refractivity contribution >= 4 is 11.6 Å². The van der Waals surface area contributed by atoms with Gasteiger partial charge in [0.15, 0.2) is 0 Å². The van der Waals surface area contributed by atoms with Crippen molar-refractivity contribution in [1.82, 2.24) is 5.01 Å². The molecule has 1 unspecified atom stereocenters. The van der Waals surface area contributed by atoms with Gasteiger partial charge in [0, 0.05) is 11.1 Å². The second-order valence-electron chi connectivity index (χ2n) is 5.89. The molecule has 3 rings (SSSR count). The third-order valence-corrected chi connectivity index (χ3v) is 4.13. The van der Waals surface area contributed by atoms with Crippen molar-refractivity contribution in [2.24, 2.45) is 5.10 Å². The molecule has 1 aliphatic heterocycles. The number of nitrogens with zero attached hydrogens (tertiary/aromatic N) is 2. The number of halogens is 4. The van der Waals surface area contributed by atoms with Gasteiger partial charge in [0.1, 0.15) is 11.6 Å². The normalized spacial score (nSPS) is 19.8. The minimum absolute atomic E-state index is 0.00491. The largest absolute Gasteiger partial charge is 0.497 e. The van der Waals surface area contributed by atoms with Crippen molar-refractivity contribution in [3.63, 3.8) is 0 Å². The standard InChI is InChI=1S/C18H14F4N2O3/c1-27-14-4-2-3-12(9-14)15-10-17(26,18(20,21)22)24(23-15)16(25)11-5-7-13(19)8-6-11/h2-9,26H,10H2,1H3. The fourth-order valence-electron chi connectivity index (χ4n) is 2.66. The van der Waals surface area contributed by atoms with Crippen LogP contribution in [0.2, 0.25) is 0 Å². The summed E-state index contributed by atoms with van der Waals surface area (Å²) in [6.07, 6.45) is -6.11. The summed E-state index contributed by atoms with van der Waals surface area (Å²) in [7, 11) is 1.39. The molecular weight excluding hydrogens is 368 g/mol. The van der Waals surface area contributed by atoms with E-state index in [1.165, 1.54) is 19.2 Å². The Morgan fingerprint density at radius 2 is 1.89 bits per heavy atom. The summed E-state index contributed by atoms with van der Waals surface area (Å²) in [6, 6.07) is 9.99. The molecule has 1 N–H and O–H groups in total. The van der Waals surface area contributed by atoms with Crippen LogP contribution < -0.4 is 4.74 Å². The first kappa shape index (κ1) is 18.8. The summed E-state index contributed by atoms with van der Waals surface area (Å²) in [5, 5.41) is 14.0. The minimum atomic E-state index is -5.16. The van der Waals surface area contributed by atoms with Crippen molar-refractivity contribution < 1.29 is 32.2 Å². The van der Waals surface area contributed by atoms with Crippen molar-refractivity contribution in [2.45, 2.75) is 18.3 Å². The lowest BCUT2D eigenvalue weighted by Gasteiger charge is -2.32. The summed E-state index contributed by atoms with van der Waals surface area (Å²) < 4.78 is 58.8. The van der Waals surface area contributed by atoms with Crippen molar-refractivity contribution in [1.29, 1.82) is 0 Å². The molecule has 1 amide bonds. The molecule has 0 saturated carbocycles. The average molecular weight is 382 g/mol. The number of amides is 1. The zero-order valence-electron chi connectivity index (χ0n) is 14.0. The predicted octanol–water partition coefficient (Wildman–Crippen LogP) is 3.34. The van der Waals surface area contributed by atoms with Gasteiger partial charge in [-0.05, 0) is 36.4 Å². The molecule has 1 heterocycles. The van der Waals surface area contributed by atoms with Gasteiger partial charge in [0.2, 0.25) is 0 Å². The number of methoxy groups -OCH3 is 1. The number of benzene rings is 2. The van der Waals surface area contributed by atoms with Gasteiger partial charge in [-0.2, -0.15) is 23.3 Å². The Bertz CT molecular complexity index is 896. The Morgan fingerprint density at radius 3 is 2.48 bits per heavy atom. The lowest BCUT2D eigenvalue weighted by Crippen LogP contribution is -2.56. The molecule has 0 bridgehead atoms. The van der Waals surface area contributed by atoms with Crippen molar-refractivity contribution in [2.75, 3.05) is 7.11 Å². The van der Waals surface area contributed by atoms with Gasteiger partial charge in [-0.3, -0.25) is 4.79 Å². The average Bonchev–Trinajstić information content (AvgIpc) is 3.01. The van der Waals surface area contributed by atoms with Crippen LogP contribution >= 0.6 is 0 Å². The Labute approximate surface area is 151 Å². The number of hydrogen-bond acceptors (Lipinski definition) is 4. The van der Waals surface area contributed by atoms with E-state index in [1.54, 1.807) is 12.1 Å². The van der Waals surface area contributed by atoms with Crippen LogP contribution in [-0.2, 0) is 0 Å². The summed E-state index contributed by atoms with van der Waals surface area (Å²) in [5.74, 6) is -1.47. The fraction of sp³-hybridized carbons (Fsp3) is 0.222. The molecule has 0 aromatic heterocycles. The third kappa shape index (κ3) is 3.37. The van der Waals surface area contributed by atoms with E-state index in [0.717, 1.165) is 24.3 Å². The number of aliphatic hydroxyl groups is 1. The van der Waals surface area contributed by atoms with Gasteiger partial charge in [0.05, 0.1) is 19.2 Å². The number of carbonyl (C=O) groups excluding carboxylic acids is 1. The highest BCUT2D eigenvalue weighted by atomic mass is 19.4. The molecule has 0 aliphatic carbocycles. The highest BCUT2D eigenvalue weighted by Gasteiger charge is 2.63. The molecule has 1 atom stereocenters. The smallest absolute Gasteiger partial charge is 0.438 e. The molecular formula is C18H14F4N2O3. The van der Waals surface area contributed by atoms with Gasteiger partial charge < -0.3 is 9.84 Å². The number of rotatable bonds is 3. The van der Waals surface area contributed by atoms with Crippen LogP contribution in [0.15, 0.2) is 53.6 Å². The summed E-state index contributed by atoms with van der Waals surface area (Å²) >= 11 is 0. The van der Waals surface area contributed by atoms with Crippen LogP contribution in [0, 0.1) is 5.82 Å². The molecule has 2 aromatic rings. The molecule has 2 aromatic carbocycles. The summed E-state index contributed by atoms with van der Waals surface area (Å²) in [6.45, 7) is 0. The number of hydrazone groups is 1. The summed E-state index contributed by atoms with van der Waals surface area (Å²) in [4.78, 5) is 12.5. The van der Waals surface area contributed by atoms with E-state index in [-0.39, 0.29) is 21.8 Å². The quantitative estimate of drug-likeness (QED) is 0.829. The summed E-state index contributed by atoms with van der Waals surface area (Å²) in [5.41, 5.74) is -3.62. The van der Waals surface area contributed by atoms with E-state index in [1.807, 2.05) is 0 Å². The van der Waals surface area contributed by atoms with Crippen LogP contribution in [0.3, 0.4) is 0 Å². The fourth-order valence-corrected chi connectivity index (χ4v) is 2.66. The molecule has 5 nitrogen and oxygen atoms in total. The van der Waals surface area contributed by atoms with Crippen molar-refractivity contribution in [3.8, 4) is 5.75 Å². The zero-order chi connectivity index (χ0) is 19.8. The maximum absolute atomic E-state index is 13.6. The Balaban J connectivity index is 2.04. The van der Waals surface area contributed by atoms with Crippen LogP contribution in [0.1, 0.15) is 22.3 Å². The molecule has 0 fully saturated rings. The van der Waals surface area contributed by atoms with Crippen LogP contribution in [0.5, 0.6) is 5.75 Å². The Morgan fingerprint density at radius 1 is 1.22 bits per heavy atom. The van der Waals surface area contributed by atoms with Crippen molar-refractivity contribution in [3.05, 3.63) is 65.5 Å². The topological polar surface area (TPSA) is 62.1 Å². The van der Waals surface area contributed by atoms with E-state index in [4.69, 9.17) is 4.74 Å². The molecule has 27 heavy (non-hydrogen) atoms. The van der Waals surface area contributed by atoms with Crippen LogP contribution in [-0.4, -0.2) is 40.7 Å². The first-order valence-corrected chi connectivity index (χ1v) is 7.77. The van der Waals surface area contributed by atoms with Gasteiger partial charge >= 0.3 is 6.18 Å². The number of ether oxygens (including phenoxy) is 1. The van der Waals surface area contributed by atoms with Gasteiger partial charge in [0.25, 0.3) is 11.6 Å². The predicted molar refractivity (Wildman–Crippen MR) is 87.7 cm³/mol. The van der Waals surface area contributed by atoms with Gasteiger partial charge in [-0.15, -0.1) is 0 Å². The van der Waals surface area contributed by atoms with Gasteiger partial charge in [-0.25, -0.2) is 4.39 Å². The second kappa shape index (κ2) is 6.66. The second-order valence-corrected chi connectivity index (χ2v) is 5.89. The first-order chi connectivity index (χ1) is 12.7. The molecule has 9 heteroatoms. The first-order valence-electron chi connectivity index (χ1n) is 7.77.